The van der Waals surface area contributed by atoms with E-state index in [1.54, 1.807) is 10.6 Å². The second kappa shape index (κ2) is 7.42. The summed E-state index contributed by atoms with van der Waals surface area (Å²) in [6, 6.07) is 11.4. The van der Waals surface area contributed by atoms with Gasteiger partial charge in [-0.1, -0.05) is 18.2 Å². The van der Waals surface area contributed by atoms with E-state index in [2.05, 4.69) is 0 Å². The van der Waals surface area contributed by atoms with Gasteiger partial charge in [-0.15, -0.1) is 0 Å². The van der Waals surface area contributed by atoms with Gasteiger partial charge in [-0.2, -0.15) is 0 Å². The van der Waals surface area contributed by atoms with E-state index in [4.69, 9.17) is 14.5 Å². The van der Waals surface area contributed by atoms with Gasteiger partial charge in [-0.05, 0) is 37.1 Å². The lowest BCUT2D eigenvalue weighted by molar-refractivity contribution is -0.172. The molecule has 1 aromatic carbocycles. The Morgan fingerprint density at radius 3 is 2.94 bits per heavy atom. The Hall–Kier alpha value is -3.78. The molecule has 162 valence electrons. The van der Waals surface area contributed by atoms with Crippen LogP contribution < -0.4 is 5.56 Å². The highest BCUT2D eigenvalue weighted by Gasteiger charge is 2.46. The molecule has 1 atom stereocenters. The average molecular weight is 432 g/mol. The molecule has 3 aromatic rings. The number of esters is 2. The van der Waals surface area contributed by atoms with Gasteiger partial charge in [0.2, 0.25) is 0 Å². The fourth-order valence-electron chi connectivity index (χ4n) is 4.33. The molecule has 8 heteroatoms. The number of nitrogens with zero attached hydrogens (tertiary/aromatic N) is 2. The number of aromatic nitrogens is 2. The van der Waals surface area contributed by atoms with E-state index in [-0.39, 0.29) is 36.1 Å². The maximum Gasteiger partial charge on any atom is 0.343 e. The van der Waals surface area contributed by atoms with E-state index in [1.165, 1.54) is 19.3 Å². The molecule has 0 saturated carbocycles. The van der Waals surface area contributed by atoms with Crippen LogP contribution in [0.3, 0.4) is 0 Å². The van der Waals surface area contributed by atoms with Crippen LogP contribution in [0.1, 0.15) is 36.5 Å². The number of allylic oxidation sites excluding steroid dienone is 1. The number of aliphatic hydroxyl groups is 1. The second-order valence-corrected chi connectivity index (χ2v) is 7.96. The molecule has 0 amide bonds. The Kier molecular flexibility index (Phi) is 4.67. The van der Waals surface area contributed by atoms with Crippen LogP contribution in [0.15, 0.2) is 53.5 Å². The van der Waals surface area contributed by atoms with E-state index in [9.17, 15) is 19.5 Å². The lowest BCUT2D eigenvalue weighted by atomic mass is 9.84. The van der Waals surface area contributed by atoms with Crippen molar-refractivity contribution in [3.63, 3.8) is 0 Å². The summed E-state index contributed by atoms with van der Waals surface area (Å²) < 4.78 is 11.5. The highest BCUT2D eigenvalue weighted by Crippen LogP contribution is 2.39. The van der Waals surface area contributed by atoms with Crippen LogP contribution in [0.25, 0.3) is 22.3 Å². The van der Waals surface area contributed by atoms with Gasteiger partial charge in [0.1, 0.15) is 6.61 Å². The van der Waals surface area contributed by atoms with Gasteiger partial charge in [0.25, 0.3) is 5.56 Å². The van der Waals surface area contributed by atoms with Crippen molar-refractivity contribution in [1.29, 1.82) is 0 Å². The van der Waals surface area contributed by atoms with Gasteiger partial charge in [0, 0.05) is 23.4 Å². The van der Waals surface area contributed by atoms with Crippen LogP contribution in [0.5, 0.6) is 0 Å². The number of carbonyl (C=O) groups is 2. The number of carbonyl (C=O) groups excluding carboxylic acids is 2. The van der Waals surface area contributed by atoms with Gasteiger partial charge >= 0.3 is 11.9 Å². The molecule has 0 unspecified atom stereocenters. The zero-order valence-electron chi connectivity index (χ0n) is 17.3. The molecule has 4 heterocycles. The number of cyclic esters (lactones) is 1. The fourth-order valence-corrected chi connectivity index (χ4v) is 4.33. The molecule has 0 aliphatic carbocycles. The van der Waals surface area contributed by atoms with Crippen LogP contribution in [0.2, 0.25) is 0 Å². The van der Waals surface area contributed by atoms with Crippen molar-refractivity contribution in [3.8, 4) is 11.4 Å². The number of hydrogen-bond donors (Lipinski definition) is 1. The number of ether oxygens (including phenoxy) is 2. The Labute approximate surface area is 182 Å². The first-order valence-electron chi connectivity index (χ1n) is 10.3. The smallest absolute Gasteiger partial charge is 0.343 e. The number of benzene rings is 1. The maximum absolute atomic E-state index is 13.3. The first-order valence-corrected chi connectivity index (χ1v) is 10.3. The number of hydrogen-bond acceptors (Lipinski definition) is 7. The van der Waals surface area contributed by atoms with Crippen molar-refractivity contribution in [3.05, 3.63) is 75.8 Å². The lowest BCUT2D eigenvalue weighted by Crippen LogP contribution is -2.44. The maximum atomic E-state index is 13.3. The van der Waals surface area contributed by atoms with Crippen molar-refractivity contribution in [2.24, 2.45) is 0 Å². The molecule has 2 aromatic heterocycles. The summed E-state index contributed by atoms with van der Waals surface area (Å²) in [5.41, 5.74) is 1.16. The minimum Gasteiger partial charge on any atom is -0.458 e. The standard InChI is InChI=1S/C24H20N2O6/c1-14(27)31-9-5-4-8-24(30)18-11-20-21-16(10-15-6-2-3-7-19(15)25-21)12-26(20)22(28)17(18)13-32-23(24)29/h2-3,5-7,9-11,30H,4,8,12-13H2,1H3/b9-5+/t24-/m0/s1. The topological polar surface area (TPSA) is 108 Å². The Morgan fingerprint density at radius 2 is 2.12 bits per heavy atom. The van der Waals surface area contributed by atoms with Gasteiger partial charge in [0.15, 0.2) is 5.60 Å². The normalized spacial score (nSPS) is 18.9. The number of fused-ring (bicyclic) bond motifs is 5. The van der Waals surface area contributed by atoms with Gasteiger partial charge in [-0.3, -0.25) is 9.59 Å². The highest BCUT2D eigenvalue weighted by molar-refractivity contribution is 5.86. The Balaban J connectivity index is 1.59. The molecule has 32 heavy (non-hydrogen) atoms. The summed E-state index contributed by atoms with van der Waals surface area (Å²) in [7, 11) is 0. The van der Waals surface area contributed by atoms with E-state index in [1.807, 2.05) is 30.3 Å². The summed E-state index contributed by atoms with van der Waals surface area (Å²) in [5, 5.41) is 12.3. The fraction of sp³-hybridized carbons (Fsp3) is 0.250. The largest absolute Gasteiger partial charge is 0.458 e. The summed E-state index contributed by atoms with van der Waals surface area (Å²) >= 11 is 0. The van der Waals surface area contributed by atoms with Gasteiger partial charge in [-0.25, -0.2) is 9.78 Å². The zero-order chi connectivity index (χ0) is 22.5. The number of pyridine rings is 2. The summed E-state index contributed by atoms with van der Waals surface area (Å²) in [6.07, 6.45) is 2.95. The SMILES string of the molecule is CC(=O)O/C=C/CC[C@@]1(O)C(=O)OCc2c1cc1n(c2=O)Cc2cc3ccccc3nc2-1. The number of rotatable bonds is 4. The van der Waals surface area contributed by atoms with Gasteiger partial charge < -0.3 is 19.1 Å². The second-order valence-electron chi connectivity index (χ2n) is 7.96. The van der Waals surface area contributed by atoms with Crippen LogP contribution in [-0.4, -0.2) is 26.6 Å². The van der Waals surface area contributed by atoms with Crippen molar-refractivity contribution >= 4 is 22.8 Å². The van der Waals surface area contributed by atoms with Crippen molar-refractivity contribution < 1.29 is 24.2 Å². The Morgan fingerprint density at radius 1 is 1.31 bits per heavy atom. The monoisotopic (exact) mass is 432 g/mol. The highest BCUT2D eigenvalue weighted by atomic mass is 16.6. The molecular formula is C24H20N2O6. The van der Waals surface area contributed by atoms with E-state index >= 15 is 0 Å². The predicted octanol–water partition coefficient (Wildman–Crippen LogP) is 2.53. The molecule has 2 aliphatic heterocycles. The summed E-state index contributed by atoms with van der Waals surface area (Å²) in [6.45, 7) is 1.45. The molecule has 0 bridgehead atoms. The summed E-state index contributed by atoms with van der Waals surface area (Å²) in [5.74, 6) is -1.27. The van der Waals surface area contributed by atoms with E-state index in [0.29, 0.717) is 17.9 Å². The molecule has 0 spiro atoms. The van der Waals surface area contributed by atoms with Gasteiger partial charge in [0.05, 0.1) is 35.3 Å². The molecule has 8 nitrogen and oxygen atoms in total. The number of para-hydroxylation sites is 1. The van der Waals surface area contributed by atoms with Crippen molar-refractivity contribution in [2.75, 3.05) is 0 Å². The minimum absolute atomic E-state index is 0.0303. The first-order chi connectivity index (χ1) is 15.4. The third kappa shape index (κ3) is 3.11. The molecule has 1 N–H and O–H groups in total. The third-order valence-electron chi connectivity index (χ3n) is 5.91. The molecule has 0 saturated heterocycles. The molecule has 0 radical (unpaired) electrons. The molecule has 5 rings (SSSR count). The van der Waals surface area contributed by atoms with Crippen LogP contribution in [0, 0.1) is 0 Å². The predicted molar refractivity (Wildman–Crippen MR) is 114 cm³/mol. The van der Waals surface area contributed by atoms with E-state index in [0.717, 1.165) is 16.5 Å². The minimum atomic E-state index is -1.98. The van der Waals surface area contributed by atoms with Crippen molar-refractivity contribution in [1.82, 2.24) is 9.55 Å². The first kappa shape index (κ1) is 20.1. The third-order valence-corrected chi connectivity index (χ3v) is 5.91. The lowest BCUT2D eigenvalue weighted by Gasteiger charge is -2.32. The molecular weight excluding hydrogens is 412 g/mol. The Bertz CT molecular complexity index is 1370. The van der Waals surface area contributed by atoms with Crippen molar-refractivity contribution in [2.45, 2.75) is 38.5 Å². The zero-order valence-corrected chi connectivity index (χ0v) is 17.3. The van der Waals surface area contributed by atoms with Crippen LogP contribution >= 0.6 is 0 Å². The van der Waals surface area contributed by atoms with Crippen LogP contribution in [-0.2, 0) is 37.8 Å². The summed E-state index contributed by atoms with van der Waals surface area (Å²) in [4.78, 5) is 41.5. The van der Waals surface area contributed by atoms with Crippen LogP contribution in [0.4, 0.5) is 0 Å². The quantitative estimate of drug-likeness (QED) is 0.390. The average Bonchev–Trinajstić information content (AvgIpc) is 3.13. The molecule has 2 aliphatic rings. The van der Waals surface area contributed by atoms with E-state index < -0.39 is 17.5 Å². The molecule has 0 fully saturated rings.